The number of fused-ring (bicyclic) bond motifs is 1. The third-order valence-corrected chi connectivity index (χ3v) is 4.82. The van der Waals surface area contributed by atoms with Crippen LogP contribution in [0.25, 0.3) is 22.4 Å². The molecule has 0 radical (unpaired) electrons. The zero-order chi connectivity index (χ0) is 22.5. The Balaban J connectivity index is 1.60. The Bertz CT molecular complexity index is 1290. The van der Waals surface area contributed by atoms with Crippen LogP contribution in [-0.2, 0) is 0 Å². The fourth-order valence-corrected chi connectivity index (χ4v) is 3.33. The lowest BCUT2D eigenvalue weighted by atomic mass is 10.1. The molecular formula is C25H23N3O4. The number of pyridine rings is 1. The number of methoxy groups -OCH3 is 1. The van der Waals surface area contributed by atoms with Gasteiger partial charge in [-0.3, -0.25) is 4.79 Å². The monoisotopic (exact) mass is 429 g/mol. The molecular weight excluding hydrogens is 406 g/mol. The number of ether oxygens (including phenoxy) is 2. The molecule has 0 aliphatic rings. The van der Waals surface area contributed by atoms with Crippen LogP contribution in [0.5, 0.6) is 11.5 Å². The van der Waals surface area contributed by atoms with Crippen molar-refractivity contribution in [2.45, 2.75) is 13.8 Å². The highest BCUT2D eigenvalue weighted by molar-refractivity contribution is 6.07. The highest BCUT2D eigenvalue weighted by Crippen LogP contribution is 2.28. The number of furan rings is 1. The summed E-state index contributed by atoms with van der Waals surface area (Å²) in [5.74, 6) is 2.28. The van der Waals surface area contributed by atoms with Crippen LogP contribution in [0.15, 0.2) is 70.2 Å². The summed E-state index contributed by atoms with van der Waals surface area (Å²) in [6.45, 7) is 4.31. The van der Waals surface area contributed by atoms with Gasteiger partial charge in [-0.05, 0) is 61.9 Å². The molecule has 2 aromatic carbocycles. The predicted octanol–water partition coefficient (Wildman–Crippen LogP) is 4.97. The average Bonchev–Trinajstić information content (AvgIpc) is 3.25. The molecule has 0 saturated carbocycles. The number of benzene rings is 2. The summed E-state index contributed by atoms with van der Waals surface area (Å²) < 4.78 is 16.6. The SMILES string of the molecule is CCOc1ccc(/C=N\NC(=O)c2cc(-c3ccc(C)o3)nc3ccccc23)cc1OC. The lowest BCUT2D eigenvalue weighted by Crippen LogP contribution is -2.18. The van der Waals surface area contributed by atoms with E-state index in [9.17, 15) is 4.79 Å². The summed E-state index contributed by atoms with van der Waals surface area (Å²) in [7, 11) is 1.58. The minimum Gasteiger partial charge on any atom is -0.493 e. The maximum absolute atomic E-state index is 13.0. The lowest BCUT2D eigenvalue weighted by Gasteiger charge is -2.09. The molecule has 4 aromatic rings. The number of hydrogen-bond donors (Lipinski definition) is 1. The number of aromatic nitrogens is 1. The minimum atomic E-state index is -0.345. The number of carbonyl (C=O) groups excluding carboxylic acids is 1. The molecule has 0 aliphatic heterocycles. The van der Waals surface area contributed by atoms with Gasteiger partial charge in [-0.1, -0.05) is 18.2 Å². The minimum absolute atomic E-state index is 0.345. The fraction of sp³-hybridized carbons (Fsp3) is 0.160. The van der Waals surface area contributed by atoms with Crippen molar-refractivity contribution >= 4 is 23.0 Å². The molecule has 0 atom stereocenters. The van der Waals surface area contributed by atoms with Crippen molar-refractivity contribution in [1.82, 2.24) is 10.4 Å². The summed E-state index contributed by atoms with van der Waals surface area (Å²) in [4.78, 5) is 17.6. The van der Waals surface area contributed by atoms with Crippen molar-refractivity contribution in [2.75, 3.05) is 13.7 Å². The van der Waals surface area contributed by atoms with E-state index in [1.807, 2.05) is 56.3 Å². The van der Waals surface area contributed by atoms with Crippen LogP contribution in [0.4, 0.5) is 0 Å². The second-order valence-corrected chi connectivity index (χ2v) is 7.02. The van der Waals surface area contributed by atoms with E-state index in [-0.39, 0.29) is 5.91 Å². The van der Waals surface area contributed by atoms with E-state index in [1.54, 1.807) is 31.5 Å². The number of aryl methyl sites for hydroxylation is 1. The van der Waals surface area contributed by atoms with E-state index in [1.165, 1.54) is 0 Å². The van der Waals surface area contributed by atoms with Gasteiger partial charge in [-0.2, -0.15) is 5.10 Å². The molecule has 1 N–H and O–H groups in total. The summed E-state index contributed by atoms with van der Waals surface area (Å²) in [5, 5.41) is 4.85. The van der Waals surface area contributed by atoms with Crippen molar-refractivity contribution in [3.8, 4) is 23.0 Å². The van der Waals surface area contributed by atoms with Crippen LogP contribution in [0.3, 0.4) is 0 Å². The largest absolute Gasteiger partial charge is 0.493 e. The van der Waals surface area contributed by atoms with Crippen LogP contribution in [0.1, 0.15) is 28.6 Å². The molecule has 0 spiro atoms. The van der Waals surface area contributed by atoms with Crippen LogP contribution in [-0.4, -0.2) is 30.8 Å². The first-order valence-electron chi connectivity index (χ1n) is 10.2. The number of rotatable bonds is 7. The van der Waals surface area contributed by atoms with Crippen LogP contribution in [0.2, 0.25) is 0 Å². The normalized spacial score (nSPS) is 11.1. The second kappa shape index (κ2) is 9.34. The molecule has 2 heterocycles. The van der Waals surface area contributed by atoms with Crippen LogP contribution in [0, 0.1) is 6.92 Å². The smallest absolute Gasteiger partial charge is 0.272 e. The number of carbonyl (C=O) groups is 1. The zero-order valence-electron chi connectivity index (χ0n) is 18.1. The number of hydrazone groups is 1. The van der Waals surface area contributed by atoms with Gasteiger partial charge in [0.2, 0.25) is 0 Å². The van der Waals surface area contributed by atoms with Gasteiger partial charge in [0.1, 0.15) is 11.5 Å². The maximum Gasteiger partial charge on any atom is 0.272 e. The molecule has 0 unspecified atom stereocenters. The molecule has 0 bridgehead atoms. The Hall–Kier alpha value is -4.13. The topological polar surface area (TPSA) is 86.0 Å². The second-order valence-electron chi connectivity index (χ2n) is 7.02. The highest BCUT2D eigenvalue weighted by Gasteiger charge is 2.15. The number of para-hydroxylation sites is 1. The van der Waals surface area contributed by atoms with Gasteiger partial charge >= 0.3 is 0 Å². The van der Waals surface area contributed by atoms with Gasteiger partial charge in [0.05, 0.1) is 31.0 Å². The lowest BCUT2D eigenvalue weighted by molar-refractivity contribution is 0.0956. The fourth-order valence-electron chi connectivity index (χ4n) is 3.33. The Morgan fingerprint density at radius 1 is 1.12 bits per heavy atom. The van der Waals surface area contributed by atoms with E-state index in [2.05, 4.69) is 15.5 Å². The number of hydrogen-bond acceptors (Lipinski definition) is 6. The first kappa shape index (κ1) is 21.1. The third-order valence-electron chi connectivity index (χ3n) is 4.82. The number of nitrogens with one attached hydrogen (secondary N) is 1. The first-order valence-corrected chi connectivity index (χ1v) is 10.2. The van der Waals surface area contributed by atoms with E-state index >= 15 is 0 Å². The summed E-state index contributed by atoms with van der Waals surface area (Å²) in [5.41, 5.74) is 5.11. The average molecular weight is 429 g/mol. The standard InChI is InChI=1S/C25H23N3O4/c1-4-31-23-12-10-17(13-24(23)30-3)15-26-28-25(29)19-14-21(22-11-9-16(2)32-22)27-20-8-6-5-7-18(19)20/h5-15H,4H2,1-3H3,(H,28,29)/b26-15-. The zero-order valence-corrected chi connectivity index (χ0v) is 18.1. The molecule has 162 valence electrons. The number of amides is 1. The molecule has 0 aliphatic carbocycles. The molecule has 2 aromatic heterocycles. The van der Waals surface area contributed by atoms with Crippen molar-refractivity contribution in [3.63, 3.8) is 0 Å². The number of nitrogens with zero attached hydrogens (tertiary/aromatic N) is 2. The van der Waals surface area contributed by atoms with E-state index in [0.29, 0.717) is 40.6 Å². The molecule has 1 amide bonds. The summed E-state index contributed by atoms with van der Waals surface area (Å²) in [6, 6.07) is 18.3. The van der Waals surface area contributed by atoms with E-state index in [0.717, 1.165) is 16.7 Å². The van der Waals surface area contributed by atoms with Crippen molar-refractivity contribution in [3.05, 3.63) is 77.6 Å². The third kappa shape index (κ3) is 4.46. The Labute approximate surface area is 185 Å². The van der Waals surface area contributed by atoms with Gasteiger partial charge in [0.15, 0.2) is 17.3 Å². The summed E-state index contributed by atoms with van der Waals surface area (Å²) >= 11 is 0. The van der Waals surface area contributed by atoms with Crippen LogP contribution >= 0.6 is 0 Å². The van der Waals surface area contributed by atoms with Gasteiger partial charge in [0.25, 0.3) is 5.91 Å². The quantitative estimate of drug-likeness (QED) is 0.331. The summed E-state index contributed by atoms with van der Waals surface area (Å²) in [6.07, 6.45) is 1.55. The van der Waals surface area contributed by atoms with E-state index in [4.69, 9.17) is 13.9 Å². The maximum atomic E-state index is 13.0. The Kier molecular flexibility index (Phi) is 6.17. The first-order chi connectivity index (χ1) is 15.6. The van der Waals surface area contributed by atoms with Gasteiger partial charge in [-0.25, -0.2) is 10.4 Å². The van der Waals surface area contributed by atoms with Gasteiger partial charge < -0.3 is 13.9 Å². The molecule has 0 saturated heterocycles. The van der Waals surface area contributed by atoms with Gasteiger partial charge in [-0.15, -0.1) is 0 Å². The van der Waals surface area contributed by atoms with Crippen molar-refractivity contribution in [2.24, 2.45) is 5.10 Å². The Morgan fingerprint density at radius 2 is 1.97 bits per heavy atom. The molecule has 0 fully saturated rings. The van der Waals surface area contributed by atoms with Gasteiger partial charge in [0, 0.05) is 5.39 Å². The molecule has 32 heavy (non-hydrogen) atoms. The molecule has 7 nitrogen and oxygen atoms in total. The Morgan fingerprint density at radius 3 is 2.72 bits per heavy atom. The predicted molar refractivity (Wildman–Crippen MR) is 123 cm³/mol. The van der Waals surface area contributed by atoms with Crippen molar-refractivity contribution < 1.29 is 18.7 Å². The molecule has 4 rings (SSSR count). The van der Waals surface area contributed by atoms with Crippen molar-refractivity contribution in [1.29, 1.82) is 0 Å². The van der Waals surface area contributed by atoms with E-state index < -0.39 is 0 Å². The van der Waals surface area contributed by atoms with Crippen LogP contribution < -0.4 is 14.9 Å². The molecule has 7 heteroatoms. The highest BCUT2D eigenvalue weighted by atomic mass is 16.5.